The third-order valence-electron chi connectivity index (χ3n) is 2.66. The maximum absolute atomic E-state index is 12.1. The van der Waals surface area contributed by atoms with E-state index >= 15 is 0 Å². The summed E-state index contributed by atoms with van der Waals surface area (Å²) in [5.41, 5.74) is -0.417. The number of rotatable bonds is 3. The molecule has 0 bridgehead atoms. The molecule has 0 aliphatic rings. The van der Waals surface area contributed by atoms with Gasteiger partial charge in [-0.05, 0) is 18.2 Å². The van der Waals surface area contributed by atoms with Gasteiger partial charge in [0.15, 0.2) is 0 Å². The van der Waals surface area contributed by atoms with Crippen LogP contribution in [0.4, 0.5) is 11.4 Å². The van der Waals surface area contributed by atoms with Gasteiger partial charge in [0.25, 0.3) is 11.6 Å². The van der Waals surface area contributed by atoms with E-state index in [1.807, 2.05) is 0 Å². The molecular formula is C13H6BrCl2N2O4-. The predicted molar refractivity (Wildman–Crippen MR) is 84.7 cm³/mol. The first-order valence-electron chi connectivity index (χ1n) is 5.71. The summed E-state index contributed by atoms with van der Waals surface area (Å²) in [6, 6.07) is 6.32. The molecule has 0 aliphatic carbocycles. The molecule has 6 nitrogen and oxygen atoms in total. The summed E-state index contributed by atoms with van der Waals surface area (Å²) in [6.07, 6.45) is 0. The Bertz CT molecular complexity index is 783. The summed E-state index contributed by atoms with van der Waals surface area (Å²) in [5.74, 6) is -1.43. The van der Waals surface area contributed by atoms with E-state index in [0.717, 1.165) is 12.1 Å². The Hall–Kier alpha value is -1.83. The lowest BCUT2D eigenvalue weighted by molar-refractivity contribution is -0.385. The van der Waals surface area contributed by atoms with Gasteiger partial charge in [-0.15, -0.1) is 0 Å². The van der Waals surface area contributed by atoms with Crippen molar-refractivity contribution in [2.75, 3.05) is 5.32 Å². The minimum absolute atomic E-state index is 0.0685. The zero-order valence-electron chi connectivity index (χ0n) is 10.6. The van der Waals surface area contributed by atoms with Crippen LogP contribution in [0.3, 0.4) is 0 Å². The Morgan fingerprint density at radius 2 is 1.86 bits per heavy atom. The third kappa shape index (κ3) is 3.49. The van der Waals surface area contributed by atoms with Gasteiger partial charge >= 0.3 is 0 Å². The average molecular weight is 405 g/mol. The molecular weight excluding hydrogens is 399 g/mol. The largest absolute Gasteiger partial charge is 0.871 e. The molecule has 9 heteroatoms. The summed E-state index contributed by atoms with van der Waals surface area (Å²) in [5, 5.41) is 25.7. The highest BCUT2D eigenvalue weighted by Gasteiger charge is 2.16. The number of hydrogen-bond donors (Lipinski definition) is 1. The van der Waals surface area contributed by atoms with Crippen LogP contribution < -0.4 is 10.4 Å². The molecule has 2 aromatic carbocycles. The number of nitro benzene ring substituents is 1. The zero-order valence-corrected chi connectivity index (χ0v) is 13.7. The standard InChI is InChI=1S/C13H7BrCl2N2O4/c14-9-5-7(18(21)22)4-8(12(9)19)13(20)17-6-1-2-10(15)11(16)3-6/h1-5,19H,(H,17,20)/p-1. The molecule has 0 saturated heterocycles. The van der Waals surface area contributed by atoms with Crippen LogP contribution in [0.2, 0.25) is 10.0 Å². The lowest BCUT2D eigenvalue weighted by Gasteiger charge is -2.15. The van der Waals surface area contributed by atoms with E-state index in [-0.39, 0.29) is 20.7 Å². The van der Waals surface area contributed by atoms with E-state index in [1.165, 1.54) is 18.2 Å². The minimum Gasteiger partial charge on any atom is -0.871 e. The first-order valence-corrected chi connectivity index (χ1v) is 7.26. The second-order valence-corrected chi connectivity index (χ2v) is 5.81. The fraction of sp³-hybridized carbons (Fsp3) is 0. The number of anilines is 1. The molecule has 114 valence electrons. The number of carbonyl (C=O) groups excluding carboxylic acids is 1. The summed E-state index contributed by atoms with van der Waals surface area (Å²) < 4.78 is -0.0685. The fourth-order valence-electron chi connectivity index (χ4n) is 1.63. The van der Waals surface area contributed by atoms with Crippen molar-refractivity contribution >= 4 is 56.4 Å². The number of non-ortho nitro benzene ring substituents is 1. The van der Waals surface area contributed by atoms with E-state index < -0.39 is 16.6 Å². The van der Waals surface area contributed by atoms with Gasteiger partial charge in [-0.3, -0.25) is 14.9 Å². The van der Waals surface area contributed by atoms with E-state index in [1.54, 1.807) is 0 Å². The molecule has 22 heavy (non-hydrogen) atoms. The van der Waals surface area contributed by atoms with Crippen LogP contribution in [-0.2, 0) is 0 Å². The molecule has 0 unspecified atom stereocenters. The number of carbonyl (C=O) groups is 1. The van der Waals surface area contributed by atoms with Crippen LogP contribution in [0, 0.1) is 10.1 Å². The predicted octanol–water partition coefficient (Wildman–Crippen LogP) is 3.99. The summed E-state index contributed by atoms with van der Waals surface area (Å²) >= 11 is 14.5. The van der Waals surface area contributed by atoms with Gasteiger partial charge in [0.05, 0.1) is 15.0 Å². The molecule has 0 aliphatic heterocycles. The van der Waals surface area contributed by atoms with Gasteiger partial charge in [-0.2, -0.15) is 0 Å². The van der Waals surface area contributed by atoms with Gasteiger partial charge in [-0.25, -0.2) is 0 Å². The monoisotopic (exact) mass is 403 g/mol. The maximum Gasteiger partial charge on any atom is 0.271 e. The fourth-order valence-corrected chi connectivity index (χ4v) is 2.37. The summed E-state index contributed by atoms with van der Waals surface area (Å²) in [7, 11) is 0. The molecule has 0 spiro atoms. The molecule has 0 aromatic heterocycles. The van der Waals surface area contributed by atoms with Crippen LogP contribution >= 0.6 is 39.1 Å². The van der Waals surface area contributed by atoms with Gasteiger partial charge in [-0.1, -0.05) is 44.9 Å². The number of amides is 1. The molecule has 0 saturated carbocycles. The van der Waals surface area contributed by atoms with Gasteiger partial charge in [0, 0.05) is 27.9 Å². The highest BCUT2D eigenvalue weighted by molar-refractivity contribution is 9.10. The van der Waals surface area contributed by atoms with Crippen molar-refractivity contribution in [1.29, 1.82) is 0 Å². The van der Waals surface area contributed by atoms with Crippen molar-refractivity contribution in [2.45, 2.75) is 0 Å². The first kappa shape index (κ1) is 16.5. The molecule has 0 fully saturated rings. The lowest BCUT2D eigenvalue weighted by atomic mass is 10.1. The van der Waals surface area contributed by atoms with Crippen LogP contribution in [0.5, 0.6) is 5.75 Å². The highest BCUT2D eigenvalue weighted by Crippen LogP contribution is 2.31. The molecule has 2 rings (SSSR count). The van der Waals surface area contributed by atoms with Crippen molar-refractivity contribution in [3.63, 3.8) is 0 Å². The Labute approximate surface area is 142 Å². The van der Waals surface area contributed by atoms with E-state index in [4.69, 9.17) is 23.2 Å². The van der Waals surface area contributed by atoms with Crippen molar-refractivity contribution in [1.82, 2.24) is 0 Å². The van der Waals surface area contributed by atoms with Crippen molar-refractivity contribution < 1.29 is 14.8 Å². The lowest BCUT2D eigenvalue weighted by Crippen LogP contribution is -2.15. The van der Waals surface area contributed by atoms with Gasteiger partial charge < -0.3 is 10.4 Å². The van der Waals surface area contributed by atoms with Crippen LogP contribution in [0.15, 0.2) is 34.8 Å². The Balaban J connectivity index is 2.36. The van der Waals surface area contributed by atoms with Crippen LogP contribution in [0.25, 0.3) is 0 Å². The van der Waals surface area contributed by atoms with Crippen LogP contribution in [-0.4, -0.2) is 10.8 Å². The molecule has 1 amide bonds. The second kappa shape index (κ2) is 6.51. The smallest absolute Gasteiger partial charge is 0.271 e. The maximum atomic E-state index is 12.1. The highest BCUT2D eigenvalue weighted by atomic mass is 79.9. The summed E-state index contributed by atoms with van der Waals surface area (Å²) in [4.78, 5) is 22.2. The molecule has 1 N–H and O–H groups in total. The Kier molecular flexibility index (Phi) is 4.90. The second-order valence-electron chi connectivity index (χ2n) is 4.14. The normalized spacial score (nSPS) is 10.3. The van der Waals surface area contributed by atoms with Crippen molar-refractivity contribution in [3.05, 3.63) is 60.5 Å². The third-order valence-corrected chi connectivity index (χ3v) is 3.99. The van der Waals surface area contributed by atoms with Crippen molar-refractivity contribution in [2.24, 2.45) is 0 Å². The molecule has 0 radical (unpaired) electrons. The quantitative estimate of drug-likeness (QED) is 0.617. The number of hydrogen-bond acceptors (Lipinski definition) is 4. The minimum atomic E-state index is -0.784. The van der Waals surface area contributed by atoms with Crippen molar-refractivity contribution in [3.8, 4) is 5.75 Å². The number of nitro groups is 1. The SMILES string of the molecule is O=C(Nc1ccc(Cl)c(Cl)c1)c1cc([N+](=O)[O-])cc(Br)c1[O-]. The number of nitrogens with one attached hydrogen (secondary N) is 1. The van der Waals surface area contributed by atoms with Gasteiger partial charge in [0.1, 0.15) is 0 Å². The Morgan fingerprint density at radius 1 is 1.18 bits per heavy atom. The molecule has 0 atom stereocenters. The van der Waals surface area contributed by atoms with E-state index in [0.29, 0.717) is 10.7 Å². The number of benzene rings is 2. The van der Waals surface area contributed by atoms with E-state index in [9.17, 15) is 20.0 Å². The Morgan fingerprint density at radius 3 is 2.45 bits per heavy atom. The average Bonchev–Trinajstić information content (AvgIpc) is 2.45. The molecule has 2 aromatic rings. The summed E-state index contributed by atoms with van der Waals surface area (Å²) in [6.45, 7) is 0. The van der Waals surface area contributed by atoms with Gasteiger partial charge in [0.2, 0.25) is 0 Å². The topological polar surface area (TPSA) is 95.3 Å². The van der Waals surface area contributed by atoms with Crippen LogP contribution in [0.1, 0.15) is 10.4 Å². The first-order chi connectivity index (χ1) is 10.3. The number of halogens is 3. The zero-order chi connectivity index (χ0) is 16.4. The number of nitrogens with zero attached hydrogens (tertiary/aromatic N) is 1. The van der Waals surface area contributed by atoms with E-state index in [2.05, 4.69) is 21.2 Å². The molecule has 0 heterocycles.